The molecule has 6 heteroatoms. The zero-order valence-corrected chi connectivity index (χ0v) is 15.0. The minimum Gasteiger partial charge on any atom is -0.378 e. The van der Waals surface area contributed by atoms with Crippen molar-refractivity contribution >= 4 is 44.3 Å². The van der Waals surface area contributed by atoms with Crippen LogP contribution in [0.2, 0.25) is 0 Å². The first-order valence-electron chi connectivity index (χ1n) is 6.20. The molecule has 1 heterocycles. The Morgan fingerprint density at radius 3 is 2.80 bits per heavy atom. The van der Waals surface area contributed by atoms with Crippen LogP contribution in [0.25, 0.3) is 11.4 Å². The van der Waals surface area contributed by atoms with E-state index < -0.39 is 0 Å². The maximum absolute atomic E-state index is 5.22. The quantitative estimate of drug-likeness (QED) is 0.701. The maximum atomic E-state index is 5.22. The number of hydrogen-bond donors (Lipinski definition) is 1. The van der Waals surface area contributed by atoms with Crippen molar-refractivity contribution in [1.29, 1.82) is 0 Å². The summed E-state index contributed by atoms with van der Waals surface area (Å²) in [5, 5.41) is 3.27. The number of benzene rings is 1. The summed E-state index contributed by atoms with van der Waals surface area (Å²) in [4.78, 5) is 9.22. The smallest absolute Gasteiger partial charge is 0.161 e. The van der Waals surface area contributed by atoms with Crippen molar-refractivity contribution in [1.82, 2.24) is 9.97 Å². The lowest BCUT2D eigenvalue weighted by molar-refractivity contribution is 0.181. The van der Waals surface area contributed by atoms with Crippen molar-refractivity contribution in [3.63, 3.8) is 0 Å². The highest BCUT2D eigenvalue weighted by atomic mass is 127. The van der Waals surface area contributed by atoms with Crippen molar-refractivity contribution in [3.05, 3.63) is 38.0 Å². The third-order valence-electron chi connectivity index (χ3n) is 2.63. The number of halogens is 2. The van der Waals surface area contributed by atoms with Crippen molar-refractivity contribution < 1.29 is 4.74 Å². The summed E-state index contributed by atoms with van der Waals surface area (Å²) >= 11 is 5.73. The van der Waals surface area contributed by atoms with Gasteiger partial charge in [-0.25, -0.2) is 9.97 Å². The van der Waals surface area contributed by atoms with E-state index in [4.69, 9.17) is 4.74 Å². The molecule has 0 saturated heterocycles. The molecule has 2 rings (SSSR count). The molecule has 0 fully saturated rings. The fourth-order valence-electron chi connectivity index (χ4n) is 1.77. The van der Waals surface area contributed by atoms with Gasteiger partial charge in [0.25, 0.3) is 0 Å². The number of aromatic nitrogens is 2. The molecule has 1 aromatic carbocycles. The van der Waals surface area contributed by atoms with E-state index in [-0.39, 0.29) is 0 Å². The molecular formula is C14H15BrIN3O. The second-order valence-electron chi connectivity index (χ2n) is 4.13. The van der Waals surface area contributed by atoms with Crippen LogP contribution >= 0.6 is 38.5 Å². The highest BCUT2D eigenvalue weighted by Crippen LogP contribution is 2.26. The topological polar surface area (TPSA) is 47.0 Å². The van der Waals surface area contributed by atoms with Crippen LogP contribution in [0, 0.1) is 3.57 Å². The summed E-state index contributed by atoms with van der Waals surface area (Å²) < 4.78 is 7.24. The van der Waals surface area contributed by atoms with Gasteiger partial charge in [-0.05, 0) is 41.6 Å². The van der Waals surface area contributed by atoms with E-state index >= 15 is 0 Å². The van der Waals surface area contributed by atoms with Gasteiger partial charge in [-0.15, -0.1) is 0 Å². The van der Waals surface area contributed by atoms with Gasteiger partial charge in [0.05, 0.1) is 15.9 Å². The lowest BCUT2D eigenvalue weighted by Crippen LogP contribution is -2.08. The van der Waals surface area contributed by atoms with Gasteiger partial charge < -0.3 is 10.1 Å². The Balaban J connectivity index is 2.52. The molecule has 4 nitrogen and oxygen atoms in total. The van der Waals surface area contributed by atoms with Gasteiger partial charge in [0.1, 0.15) is 5.82 Å². The molecule has 0 unspecified atom stereocenters. The predicted molar refractivity (Wildman–Crippen MR) is 92.8 cm³/mol. The van der Waals surface area contributed by atoms with E-state index in [0.717, 1.165) is 31.7 Å². The minimum absolute atomic E-state index is 0.472. The second-order valence-corrected chi connectivity index (χ2v) is 6.12. The van der Waals surface area contributed by atoms with E-state index in [2.05, 4.69) is 53.8 Å². The fourth-order valence-corrected chi connectivity index (χ4v) is 2.75. The molecule has 1 N–H and O–H groups in total. The van der Waals surface area contributed by atoms with E-state index in [9.17, 15) is 0 Å². The first kappa shape index (κ1) is 15.7. The monoisotopic (exact) mass is 447 g/mol. The average Bonchev–Trinajstić information content (AvgIpc) is 2.43. The molecule has 0 radical (unpaired) electrons. The molecule has 0 atom stereocenters. The highest BCUT2D eigenvalue weighted by Gasteiger charge is 2.13. The van der Waals surface area contributed by atoms with Crippen molar-refractivity contribution in [3.8, 4) is 11.4 Å². The third kappa shape index (κ3) is 3.67. The van der Waals surface area contributed by atoms with E-state index in [1.165, 1.54) is 0 Å². The summed E-state index contributed by atoms with van der Waals surface area (Å²) in [6, 6.07) is 7.97. The zero-order valence-electron chi connectivity index (χ0n) is 11.3. The Hall–Kier alpha value is -0.730. The number of nitrogens with zero attached hydrogens (tertiary/aromatic N) is 2. The van der Waals surface area contributed by atoms with Crippen LogP contribution in [0.4, 0.5) is 5.82 Å². The van der Waals surface area contributed by atoms with Gasteiger partial charge in [-0.1, -0.05) is 28.1 Å². The number of methoxy groups -OCH3 is 1. The van der Waals surface area contributed by atoms with E-state index in [1.807, 2.05) is 31.2 Å². The third-order valence-corrected chi connectivity index (χ3v) is 4.25. The molecule has 1 aromatic heterocycles. The number of anilines is 1. The molecule has 0 aliphatic rings. The molecule has 0 saturated carbocycles. The van der Waals surface area contributed by atoms with Gasteiger partial charge in [0, 0.05) is 23.7 Å². The number of ether oxygens (including phenoxy) is 1. The minimum atomic E-state index is 0.472. The average molecular weight is 448 g/mol. The van der Waals surface area contributed by atoms with Crippen LogP contribution in [0.15, 0.2) is 28.7 Å². The molecule has 0 spiro atoms. The summed E-state index contributed by atoms with van der Waals surface area (Å²) in [7, 11) is 1.67. The van der Waals surface area contributed by atoms with Crippen LogP contribution in [-0.4, -0.2) is 23.6 Å². The number of rotatable bonds is 5. The molecular weight excluding hydrogens is 433 g/mol. The Kier molecular flexibility index (Phi) is 5.74. The van der Waals surface area contributed by atoms with Crippen LogP contribution < -0.4 is 5.32 Å². The van der Waals surface area contributed by atoms with Crippen LogP contribution in [0.5, 0.6) is 0 Å². The predicted octanol–water partition coefficient (Wildman–Crippen LogP) is 4.09. The molecule has 20 heavy (non-hydrogen) atoms. The normalized spacial score (nSPS) is 10.6. The molecule has 0 amide bonds. The highest BCUT2D eigenvalue weighted by molar-refractivity contribution is 14.1. The zero-order chi connectivity index (χ0) is 14.5. The van der Waals surface area contributed by atoms with Gasteiger partial charge >= 0.3 is 0 Å². The first-order valence-corrected chi connectivity index (χ1v) is 8.08. The van der Waals surface area contributed by atoms with Crippen LogP contribution in [0.3, 0.4) is 0 Å². The van der Waals surface area contributed by atoms with Crippen molar-refractivity contribution in [2.45, 2.75) is 13.5 Å². The van der Waals surface area contributed by atoms with E-state index in [0.29, 0.717) is 12.4 Å². The lowest BCUT2D eigenvalue weighted by atomic mass is 10.2. The van der Waals surface area contributed by atoms with Gasteiger partial charge in [0.2, 0.25) is 0 Å². The summed E-state index contributed by atoms with van der Waals surface area (Å²) in [5.41, 5.74) is 1.88. The molecule has 0 aliphatic carbocycles. The van der Waals surface area contributed by atoms with E-state index in [1.54, 1.807) is 7.11 Å². The van der Waals surface area contributed by atoms with Crippen LogP contribution in [-0.2, 0) is 11.3 Å². The molecule has 2 aromatic rings. The first-order chi connectivity index (χ1) is 9.65. The molecule has 0 aliphatic heterocycles. The Bertz CT molecular complexity index is 580. The van der Waals surface area contributed by atoms with Crippen molar-refractivity contribution in [2.75, 3.05) is 19.0 Å². The Morgan fingerprint density at radius 1 is 1.35 bits per heavy atom. The van der Waals surface area contributed by atoms with Gasteiger partial charge in [-0.2, -0.15) is 0 Å². The van der Waals surface area contributed by atoms with Gasteiger partial charge in [0.15, 0.2) is 5.82 Å². The summed E-state index contributed by atoms with van der Waals surface area (Å²) in [6.07, 6.45) is 0. The molecule has 106 valence electrons. The maximum Gasteiger partial charge on any atom is 0.161 e. The molecule has 0 bridgehead atoms. The van der Waals surface area contributed by atoms with Crippen molar-refractivity contribution in [2.24, 2.45) is 0 Å². The Morgan fingerprint density at radius 2 is 2.15 bits per heavy atom. The summed E-state index contributed by atoms with van der Waals surface area (Å²) in [6.45, 7) is 3.34. The standard InChI is InChI=1S/C14H15BrIN3O/c1-3-17-14-12(16)11(8-20-2)18-13(19-14)9-5-4-6-10(15)7-9/h4-7H,3,8H2,1-2H3,(H,17,18,19). The second kappa shape index (κ2) is 7.33. The fraction of sp³-hybridized carbons (Fsp3) is 0.286. The number of hydrogen-bond acceptors (Lipinski definition) is 4. The number of nitrogens with one attached hydrogen (secondary N) is 1. The van der Waals surface area contributed by atoms with Gasteiger partial charge in [-0.3, -0.25) is 0 Å². The Labute approximate surface area is 140 Å². The SMILES string of the molecule is CCNc1nc(-c2cccc(Br)c2)nc(COC)c1I. The largest absolute Gasteiger partial charge is 0.378 e. The van der Waals surface area contributed by atoms with Crippen LogP contribution in [0.1, 0.15) is 12.6 Å². The lowest BCUT2D eigenvalue weighted by Gasteiger charge is -2.12. The summed E-state index contributed by atoms with van der Waals surface area (Å²) in [5.74, 6) is 1.56.